The molecule has 10 heteroatoms. The second-order valence-electron chi connectivity index (χ2n) is 7.06. The molecule has 0 saturated heterocycles. The molecule has 2 aromatic carbocycles. The Kier molecular flexibility index (Phi) is 11.1. The molecule has 2 aromatic heterocycles. The number of ether oxygens (including phenoxy) is 2. The zero-order valence-electron chi connectivity index (χ0n) is 19.6. The smallest absolute Gasteiger partial charge is 0.343 e. The Morgan fingerprint density at radius 3 is 1.97 bits per heavy atom. The van der Waals surface area contributed by atoms with Crippen LogP contribution in [0.15, 0.2) is 77.7 Å². The van der Waals surface area contributed by atoms with Crippen molar-refractivity contribution in [1.82, 2.24) is 20.4 Å². The number of hydrogen-bond donors (Lipinski definition) is 1. The van der Waals surface area contributed by atoms with Crippen molar-refractivity contribution in [2.24, 2.45) is 0 Å². The summed E-state index contributed by atoms with van der Waals surface area (Å²) in [7, 11) is 0. The topological polar surface area (TPSA) is 124 Å². The van der Waals surface area contributed by atoms with Crippen molar-refractivity contribution >= 4 is 23.5 Å². The van der Waals surface area contributed by atoms with Crippen molar-refractivity contribution in [3.8, 4) is 22.4 Å². The monoisotopic (exact) mass is 522 g/mol. The first-order valence-electron chi connectivity index (χ1n) is 11.0. The lowest BCUT2D eigenvalue weighted by molar-refractivity contribution is 0.0515. The highest BCUT2D eigenvalue weighted by atomic mass is 35.5. The molecule has 0 fully saturated rings. The third kappa shape index (κ3) is 7.31. The van der Waals surface area contributed by atoms with Gasteiger partial charge in [0.05, 0.1) is 13.2 Å². The lowest BCUT2D eigenvalue weighted by Crippen LogP contribution is -2.19. The molecule has 1 N–H and O–H groups in total. The molecule has 0 amide bonds. The first-order chi connectivity index (χ1) is 17.5. The largest absolute Gasteiger partial charge is 0.462 e. The van der Waals surface area contributed by atoms with Crippen LogP contribution >= 0.6 is 11.6 Å². The van der Waals surface area contributed by atoms with Gasteiger partial charge in [0.25, 0.3) is 5.56 Å². The van der Waals surface area contributed by atoms with E-state index in [4.69, 9.17) is 16.3 Å². The van der Waals surface area contributed by atoms with E-state index in [2.05, 4.69) is 25.1 Å². The first-order valence-corrected chi connectivity index (χ1v) is 11.4. The van der Waals surface area contributed by atoms with E-state index < -0.39 is 17.5 Å². The average molecular weight is 523 g/mol. The number of carbonyl (C=O) groups excluding carboxylic acids is 2. The van der Waals surface area contributed by atoms with E-state index >= 15 is 0 Å². The zero-order valence-corrected chi connectivity index (χ0v) is 20.4. The van der Waals surface area contributed by atoms with Crippen molar-refractivity contribution < 1.29 is 19.1 Å². The first kappa shape index (κ1) is 28.9. The fourth-order valence-electron chi connectivity index (χ4n) is 3.20. The lowest BCUT2D eigenvalue weighted by atomic mass is 9.96. The molecule has 0 aliphatic rings. The number of carbonyl (C=O) groups is 2. The summed E-state index contributed by atoms with van der Waals surface area (Å²) in [5, 5.41) is 13.8. The maximum absolute atomic E-state index is 12.5. The minimum absolute atomic E-state index is 0. The van der Waals surface area contributed by atoms with Gasteiger partial charge in [0.2, 0.25) is 0 Å². The Balaban J connectivity index is 0.000000314. The van der Waals surface area contributed by atoms with Gasteiger partial charge in [0, 0.05) is 17.3 Å². The molecule has 0 bridgehead atoms. The molecule has 0 atom stereocenters. The van der Waals surface area contributed by atoms with Crippen molar-refractivity contribution in [2.45, 2.75) is 21.3 Å². The van der Waals surface area contributed by atoms with Gasteiger partial charge >= 0.3 is 11.9 Å². The molecular weight excluding hydrogens is 496 g/mol. The Labute approximate surface area is 219 Å². The summed E-state index contributed by atoms with van der Waals surface area (Å²) in [5.74, 6) is -1.13. The number of H-pyrrole nitrogens is 1. The molecule has 37 heavy (non-hydrogen) atoms. The van der Waals surface area contributed by atoms with Crippen LogP contribution in [0.2, 0.25) is 5.15 Å². The predicted octanol–water partition coefficient (Wildman–Crippen LogP) is 5.22. The van der Waals surface area contributed by atoms with E-state index in [1.165, 1.54) is 12.3 Å². The van der Waals surface area contributed by atoms with E-state index in [9.17, 15) is 14.4 Å². The van der Waals surface area contributed by atoms with Crippen LogP contribution in [0.3, 0.4) is 0 Å². The van der Waals surface area contributed by atoms with Crippen molar-refractivity contribution in [3.63, 3.8) is 0 Å². The summed E-state index contributed by atoms with van der Waals surface area (Å²) >= 11 is 6.19. The molecule has 192 valence electrons. The number of esters is 2. The molecule has 4 rings (SSSR count). The number of hydrogen-bond acceptors (Lipinski definition) is 8. The van der Waals surface area contributed by atoms with Crippen LogP contribution in [0.4, 0.5) is 0 Å². The molecule has 4 aromatic rings. The molecule has 2 heterocycles. The highest BCUT2D eigenvalue weighted by molar-refractivity contribution is 6.33. The van der Waals surface area contributed by atoms with Crippen molar-refractivity contribution in [3.05, 3.63) is 99.6 Å². The van der Waals surface area contributed by atoms with Crippen molar-refractivity contribution in [1.29, 1.82) is 0 Å². The van der Waals surface area contributed by atoms with Crippen molar-refractivity contribution in [2.75, 3.05) is 13.2 Å². The third-order valence-corrected chi connectivity index (χ3v) is 5.01. The number of aromatic nitrogens is 4. The van der Waals surface area contributed by atoms with Crippen LogP contribution < -0.4 is 5.56 Å². The average Bonchev–Trinajstić information content (AvgIpc) is 2.90. The van der Waals surface area contributed by atoms with Gasteiger partial charge in [-0.3, -0.25) is 4.79 Å². The molecule has 0 saturated carbocycles. The summed E-state index contributed by atoms with van der Waals surface area (Å²) in [4.78, 5) is 34.4. The van der Waals surface area contributed by atoms with Crippen LogP contribution in [0.25, 0.3) is 22.4 Å². The van der Waals surface area contributed by atoms with Gasteiger partial charge in [-0.1, -0.05) is 79.7 Å². The Morgan fingerprint density at radius 1 is 0.838 bits per heavy atom. The number of nitrogens with one attached hydrogen (secondary N) is 1. The number of benzene rings is 2. The van der Waals surface area contributed by atoms with Gasteiger partial charge in [0.1, 0.15) is 16.8 Å². The van der Waals surface area contributed by atoms with Crippen LogP contribution in [0.1, 0.15) is 42.0 Å². The summed E-state index contributed by atoms with van der Waals surface area (Å²) in [6, 6.07) is 20.4. The second-order valence-corrected chi connectivity index (χ2v) is 7.42. The summed E-state index contributed by atoms with van der Waals surface area (Å²) < 4.78 is 9.79. The van der Waals surface area contributed by atoms with Gasteiger partial charge in [-0.25, -0.2) is 14.7 Å². The quantitative estimate of drug-likeness (QED) is 0.341. The minimum Gasteiger partial charge on any atom is -0.462 e. The SMILES string of the molecule is C.CCOC(=O)c1c(Cl)nnc(-c2ccccc2)c1-c1ccccc1.CCOC(=O)c1ccn[nH]c1=O. The highest BCUT2D eigenvalue weighted by Gasteiger charge is 2.24. The zero-order chi connectivity index (χ0) is 25.9. The van der Waals surface area contributed by atoms with Crippen LogP contribution in [-0.2, 0) is 9.47 Å². The van der Waals surface area contributed by atoms with Gasteiger partial charge in [-0.2, -0.15) is 5.10 Å². The number of aromatic amines is 1. The van der Waals surface area contributed by atoms with Crippen LogP contribution in [0.5, 0.6) is 0 Å². The number of nitrogens with zero attached hydrogens (tertiary/aromatic N) is 3. The fraction of sp³-hybridized carbons (Fsp3) is 0.185. The third-order valence-electron chi connectivity index (χ3n) is 4.74. The normalized spacial score (nSPS) is 9.81. The number of halogens is 1. The Morgan fingerprint density at radius 2 is 1.41 bits per heavy atom. The standard InChI is InChI=1S/C19H15ClN2O2.C7H8N2O3.CH4/c1-2-24-19(23)16-15(13-9-5-3-6-10-13)17(21-22-18(16)20)14-11-7-4-8-12-14;1-2-12-7(11)5-3-4-8-9-6(5)10;/h3-12H,2H2,1H3;3-4H,2H2,1H3,(H,9,10);1H4. The second kappa shape index (κ2) is 14.3. The van der Waals surface area contributed by atoms with Crippen LogP contribution in [-0.4, -0.2) is 45.5 Å². The maximum atomic E-state index is 12.5. The summed E-state index contributed by atoms with van der Waals surface area (Å²) in [6.07, 6.45) is 1.33. The number of rotatable bonds is 6. The predicted molar refractivity (Wildman–Crippen MR) is 141 cm³/mol. The van der Waals surface area contributed by atoms with E-state index in [0.717, 1.165) is 11.1 Å². The van der Waals surface area contributed by atoms with E-state index in [0.29, 0.717) is 11.3 Å². The Bertz CT molecular complexity index is 1380. The van der Waals surface area contributed by atoms with Gasteiger partial charge in [0.15, 0.2) is 5.15 Å². The molecule has 9 nitrogen and oxygen atoms in total. The lowest BCUT2D eigenvalue weighted by Gasteiger charge is -2.14. The van der Waals surface area contributed by atoms with Gasteiger partial charge in [-0.05, 0) is 25.5 Å². The molecule has 0 aliphatic heterocycles. The molecule has 0 radical (unpaired) electrons. The Hall–Kier alpha value is -4.37. The minimum atomic E-state index is -0.624. The molecule has 0 aliphatic carbocycles. The van der Waals surface area contributed by atoms with Gasteiger partial charge in [-0.15, -0.1) is 10.2 Å². The fourth-order valence-corrected chi connectivity index (χ4v) is 3.41. The van der Waals surface area contributed by atoms with E-state index in [-0.39, 0.29) is 36.9 Å². The summed E-state index contributed by atoms with van der Waals surface area (Å²) in [6.45, 7) is 3.93. The molecule has 0 unspecified atom stereocenters. The molecular formula is C27H27ClN4O5. The van der Waals surface area contributed by atoms with E-state index in [1.54, 1.807) is 13.8 Å². The highest BCUT2D eigenvalue weighted by Crippen LogP contribution is 2.36. The summed E-state index contributed by atoms with van der Waals surface area (Å²) in [5.41, 5.74) is 2.58. The van der Waals surface area contributed by atoms with E-state index in [1.807, 2.05) is 60.7 Å². The molecule has 0 spiro atoms. The van der Waals surface area contributed by atoms with Gasteiger partial charge < -0.3 is 9.47 Å². The maximum Gasteiger partial charge on any atom is 0.343 e. The van der Waals surface area contributed by atoms with Crippen LogP contribution in [0, 0.1) is 0 Å².